The van der Waals surface area contributed by atoms with E-state index < -0.39 is 0 Å². The summed E-state index contributed by atoms with van der Waals surface area (Å²) in [5.74, 6) is 0.840. The number of hydrogen-bond acceptors (Lipinski definition) is 2. The van der Waals surface area contributed by atoms with Crippen molar-refractivity contribution in [2.24, 2.45) is 0 Å². The van der Waals surface area contributed by atoms with Crippen molar-refractivity contribution in [1.82, 2.24) is 5.32 Å². The maximum Gasteiger partial charge on any atom is 0.220 e. The lowest BCUT2D eigenvalue weighted by atomic mass is 10.1. The zero-order chi connectivity index (χ0) is 15.8. The molecule has 0 aliphatic rings. The van der Waals surface area contributed by atoms with Gasteiger partial charge in [0.25, 0.3) is 0 Å². The van der Waals surface area contributed by atoms with Crippen LogP contribution in [-0.4, -0.2) is 12.5 Å². The van der Waals surface area contributed by atoms with Gasteiger partial charge in [-0.25, -0.2) is 0 Å². The van der Waals surface area contributed by atoms with Crippen LogP contribution in [-0.2, 0) is 17.8 Å². The van der Waals surface area contributed by atoms with Crippen LogP contribution in [0.25, 0.3) is 0 Å². The molecule has 0 aliphatic heterocycles. The van der Waals surface area contributed by atoms with Crippen LogP contribution in [0.1, 0.15) is 24.5 Å². The van der Waals surface area contributed by atoms with Gasteiger partial charge in [-0.15, -0.1) is 0 Å². The quantitative estimate of drug-likeness (QED) is 0.838. The standard InChI is InChI=1S/C18H20ClNO2/c1-2-22-16-8-5-6-14(12-16)13-20-18(21)11-10-15-7-3-4-9-17(15)19/h3-9,12H,2,10-11,13H2,1H3,(H,20,21). The second-order valence-electron chi connectivity index (χ2n) is 4.95. The van der Waals surface area contributed by atoms with Crippen LogP contribution in [0.5, 0.6) is 5.75 Å². The summed E-state index contributed by atoms with van der Waals surface area (Å²) in [6, 6.07) is 15.3. The van der Waals surface area contributed by atoms with Gasteiger partial charge in [-0.2, -0.15) is 0 Å². The maximum atomic E-state index is 11.9. The lowest BCUT2D eigenvalue weighted by molar-refractivity contribution is -0.121. The number of nitrogens with one attached hydrogen (secondary N) is 1. The summed E-state index contributed by atoms with van der Waals surface area (Å²) < 4.78 is 5.44. The van der Waals surface area contributed by atoms with Crippen molar-refractivity contribution in [2.45, 2.75) is 26.3 Å². The van der Waals surface area contributed by atoms with Gasteiger partial charge in [-0.1, -0.05) is 41.9 Å². The SMILES string of the molecule is CCOc1cccc(CNC(=O)CCc2ccccc2Cl)c1. The predicted molar refractivity (Wildman–Crippen MR) is 89.2 cm³/mol. The van der Waals surface area contributed by atoms with E-state index in [9.17, 15) is 4.79 Å². The topological polar surface area (TPSA) is 38.3 Å². The first kappa shape index (κ1) is 16.4. The highest BCUT2D eigenvalue weighted by Crippen LogP contribution is 2.16. The summed E-state index contributed by atoms with van der Waals surface area (Å²) in [6.45, 7) is 3.08. The van der Waals surface area contributed by atoms with Gasteiger partial charge in [0.15, 0.2) is 0 Å². The average Bonchev–Trinajstić information content (AvgIpc) is 2.53. The summed E-state index contributed by atoms with van der Waals surface area (Å²) >= 11 is 6.08. The molecule has 0 saturated carbocycles. The van der Waals surface area contributed by atoms with Gasteiger partial charge < -0.3 is 10.1 Å². The number of halogens is 1. The molecule has 0 aliphatic carbocycles. The van der Waals surface area contributed by atoms with Crippen molar-refractivity contribution in [2.75, 3.05) is 6.61 Å². The summed E-state index contributed by atoms with van der Waals surface area (Å²) in [7, 11) is 0. The number of carbonyl (C=O) groups is 1. The predicted octanol–water partition coefficient (Wildman–Crippen LogP) is 3.99. The largest absolute Gasteiger partial charge is 0.494 e. The summed E-state index contributed by atoms with van der Waals surface area (Å²) in [4.78, 5) is 11.9. The normalized spacial score (nSPS) is 10.3. The van der Waals surface area contributed by atoms with Crippen LogP contribution in [0.3, 0.4) is 0 Å². The molecular weight excluding hydrogens is 298 g/mol. The zero-order valence-electron chi connectivity index (χ0n) is 12.6. The van der Waals surface area contributed by atoms with Crippen LogP contribution in [0, 0.1) is 0 Å². The molecule has 0 radical (unpaired) electrons. The molecule has 0 aromatic heterocycles. The van der Waals surface area contributed by atoms with Crippen LogP contribution in [0.4, 0.5) is 0 Å². The molecule has 1 N–H and O–H groups in total. The highest BCUT2D eigenvalue weighted by atomic mass is 35.5. The Labute approximate surface area is 136 Å². The van der Waals surface area contributed by atoms with Gasteiger partial charge in [0, 0.05) is 18.0 Å². The molecule has 3 nitrogen and oxygen atoms in total. The van der Waals surface area contributed by atoms with Gasteiger partial charge in [-0.3, -0.25) is 4.79 Å². The number of rotatable bonds is 7. The van der Waals surface area contributed by atoms with E-state index in [1.54, 1.807) is 0 Å². The highest BCUT2D eigenvalue weighted by Gasteiger charge is 2.05. The average molecular weight is 318 g/mol. The first-order valence-electron chi connectivity index (χ1n) is 7.41. The van der Waals surface area contributed by atoms with Crippen molar-refractivity contribution in [3.8, 4) is 5.75 Å². The Morgan fingerprint density at radius 3 is 2.77 bits per heavy atom. The van der Waals surface area contributed by atoms with E-state index >= 15 is 0 Å². The third-order valence-electron chi connectivity index (χ3n) is 3.28. The number of hydrogen-bond donors (Lipinski definition) is 1. The number of carbonyl (C=O) groups excluding carboxylic acids is 1. The van der Waals surface area contributed by atoms with Crippen molar-refractivity contribution in [1.29, 1.82) is 0 Å². The Morgan fingerprint density at radius 2 is 2.00 bits per heavy atom. The number of aryl methyl sites for hydroxylation is 1. The fraction of sp³-hybridized carbons (Fsp3) is 0.278. The molecular formula is C18H20ClNO2. The van der Waals surface area contributed by atoms with E-state index in [4.69, 9.17) is 16.3 Å². The molecule has 2 aromatic carbocycles. The van der Waals surface area contributed by atoms with E-state index in [1.165, 1.54) is 0 Å². The molecule has 0 heterocycles. The highest BCUT2D eigenvalue weighted by molar-refractivity contribution is 6.31. The Balaban J connectivity index is 1.80. The molecule has 0 atom stereocenters. The van der Waals surface area contributed by atoms with Gasteiger partial charge in [0.05, 0.1) is 6.61 Å². The fourth-order valence-electron chi connectivity index (χ4n) is 2.15. The molecule has 0 bridgehead atoms. The Kier molecular flexibility index (Phi) is 6.28. The molecule has 116 valence electrons. The molecule has 22 heavy (non-hydrogen) atoms. The van der Waals surface area contributed by atoms with Crippen LogP contribution in [0.15, 0.2) is 48.5 Å². The van der Waals surface area contributed by atoms with Crippen LogP contribution >= 0.6 is 11.6 Å². The lowest BCUT2D eigenvalue weighted by Crippen LogP contribution is -2.23. The van der Waals surface area contributed by atoms with Gasteiger partial charge >= 0.3 is 0 Å². The first-order valence-corrected chi connectivity index (χ1v) is 7.78. The summed E-state index contributed by atoms with van der Waals surface area (Å²) in [5, 5.41) is 3.63. The van der Waals surface area contributed by atoms with E-state index in [0.29, 0.717) is 31.0 Å². The van der Waals surface area contributed by atoms with Gasteiger partial charge in [0.2, 0.25) is 5.91 Å². The van der Waals surface area contributed by atoms with Crippen LogP contribution in [0.2, 0.25) is 5.02 Å². The molecule has 4 heteroatoms. The van der Waals surface area contributed by atoms with E-state index in [2.05, 4.69) is 5.32 Å². The molecule has 2 rings (SSSR count). The van der Waals surface area contributed by atoms with E-state index in [1.807, 2.05) is 55.5 Å². The van der Waals surface area contributed by atoms with E-state index in [0.717, 1.165) is 16.9 Å². The molecule has 1 amide bonds. The number of amides is 1. The van der Waals surface area contributed by atoms with Crippen molar-refractivity contribution < 1.29 is 9.53 Å². The Bertz CT molecular complexity index is 628. The summed E-state index contributed by atoms with van der Waals surface area (Å²) in [6.07, 6.45) is 1.07. The maximum absolute atomic E-state index is 11.9. The van der Waals surface area contributed by atoms with Crippen molar-refractivity contribution in [3.05, 3.63) is 64.7 Å². The number of ether oxygens (including phenoxy) is 1. The molecule has 0 unspecified atom stereocenters. The smallest absolute Gasteiger partial charge is 0.220 e. The third kappa shape index (κ3) is 5.08. The minimum Gasteiger partial charge on any atom is -0.494 e. The van der Waals surface area contributed by atoms with Crippen molar-refractivity contribution >= 4 is 17.5 Å². The van der Waals surface area contributed by atoms with Gasteiger partial charge in [0.1, 0.15) is 5.75 Å². The summed E-state index contributed by atoms with van der Waals surface area (Å²) in [5.41, 5.74) is 2.02. The molecule has 2 aromatic rings. The Morgan fingerprint density at radius 1 is 1.18 bits per heavy atom. The number of benzene rings is 2. The molecule has 0 fully saturated rings. The lowest BCUT2D eigenvalue weighted by Gasteiger charge is -2.08. The van der Waals surface area contributed by atoms with Crippen molar-refractivity contribution in [3.63, 3.8) is 0 Å². The van der Waals surface area contributed by atoms with Gasteiger partial charge in [-0.05, 0) is 42.7 Å². The monoisotopic (exact) mass is 317 g/mol. The van der Waals surface area contributed by atoms with E-state index in [-0.39, 0.29) is 5.91 Å². The zero-order valence-corrected chi connectivity index (χ0v) is 13.4. The fourth-order valence-corrected chi connectivity index (χ4v) is 2.38. The molecule has 0 saturated heterocycles. The first-order chi connectivity index (χ1) is 10.7. The Hall–Kier alpha value is -2.00. The third-order valence-corrected chi connectivity index (χ3v) is 3.65. The second kappa shape index (κ2) is 8.44. The van der Waals surface area contributed by atoms with Crippen LogP contribution < -0.4 is 10.1 Å². The second-order valence-corrected chi connectivity index (χ2v) is 5.36. The molecule has 0 spiro atoms. The minimum atomic E-state index is 0.0155. The minimum absolute atomic E-state index is 0.0155.